The third-order valence-corrected chi connectivity index (χ3v) is 3.58. The normalized spacial score (nSPS) is 11.8. The lowest BCUT2D eigenvalue weighted by Crippen LogP contribution is -2.40. The van der Waals surface area contributed by atoms with Crippen molar-refractivity contribution in [1.82, 2.24) is 20.2 Å². The van der Waals surface area contributed by atoms with Gasteiger partial charge in [0.2, 0.25) is 0 Å². The summed E-state index contributed by atoms with van der Waals surface area (Å²) in [6, 6.07) is 6.86. The van der Waals surface area contributed by atoms with Gasteiger partial charge in [-0.1, -0.05) is 18.2 Å². The number of urea groups is 1. The molecule has 1 unspecified atom stereocenters. The Hall–Kier alpha value is -2.54. The van der Waals surface area contributed by atoms with Crippen molar-refractivity contribution in [3.05, 3.63) is 48.0 Å². The van der Waals surface area contributed by atoms with Gasteiger partial charge in [0, 0.05) is 38.2 Å². The number of carbonyl (C=O) groups excluding carboxylic acids is 1. The van der Waals surface area contributed by atoms with Gasteiger partial charge in [0.05, 0.1) is 13.7 Å². The van der Waals surface area contributed by atoms with Crippen LogP contribution in [0.5, 0.6) is 5.75 Å². The number of aromatic nitrogens is 2. The molecule has 0 saturated heterocycles. The number of methoxy groups -OCH3 is 1. The Labute approximate surface area is 142 Å². The molecule has 1 heterocycles. The zero-order valence-corrected chi connectivity index (χ0v) is 14.3. The zero-order chi connectivity index (χ0) is 17.4. The summed E-state index contributed by atoms with van der Waals surface area (Å²) in [5, 5.41) is 5.74. The van der Waals surface area contributed by atoms with E-state index in [1.807, 2.05) is 49.0 Å². The maximum absolute atomic E-state index is 12.2. The van der Waals surface area contributed by atoms with E-state index >= 15 is 0 Å². The average Bonchev–Trinajstić information content (AvgIpc) is 3.02. The lowest BCUT2D eigenvalue weighted by molar-refractivity contribution is 0.149. The van der Waals surface area contributed by atoms with Crippen molar-refractivity contribution in [1.29, 1.82) is 0 Å². The van der Waals surface area contributed by atoms with Crippen LogP contribution in [0, 0.1) is 0 Å². The summed E-state index contributed by atoms with van der Waals surface area (Å²) < 4.78 is 12.5. The highest BCUT2D eigenvalue weighted by Crippen LogP contribution is 2.28. The van der Waals surface area contributed by atoms with Gasteiger partial charge in [-0.15, -0.1) is 0 Å². The lowest BCUT2D eigenvalue weighted by atomic mass is 10.0. The van der Waals surface area contributed by atoms with Gasteiger partial charge >= 0.3 is 6.03 Å². The van der Waals surface area contributed by atoms with E-state index in [0.717, 1.165) is 11.4 Å². The number of aryl methyl sites for hydroxylation is 1. The fraction of sp³-hybridized carbons (Fsp3) is 0.412. The number of para-hydroxylation sites is 1. The second-order valence-corrected chi connectivity index (χ2v) is 5.17. The smallest absolute Gasteiger partial charge is 0.315 e. The largest absolute Gasteiger partial charge is 0.496 e. The maximum Gasteiger partial charge on any atom is 0.315 e. The third-order valence-electron chi connectivity index (χ3n) is 3.58. The number of rotatable bonds is 8. The molecule has 0 radical (unpaired) electrons. The molecular formula is C17H24N4O3. The molecule has 2 rings (SSSR count). The molecule has 0 saturated carbocycles. The number of nitrogens with one attached hydrogen (secondary N) is 2. The molecule has 0 aliphatic heterocycles. The Kier molecular flexibility index (Phi) is 6.62. The highest BCUT2D eigenvalue weighted by Gasteiger charge is 2.23. The third kappa shape index (κ3) is 4.48. The van der Waals surface area contributed by atoms with Gasteiger partial charge in [-0.05, 0) is 13.0 Å². The van der Waals surface area contributed by atoms with Crippen LogP contribution in [0.25, 0.3) is 0 Å². The van der Waals surface area contributed by atoms with Gasteiger partial charge in [0.15, 0.2) is 0 Å². The van der Waals surface area contributed by atoms with Crippen LogP contribution < -0.4 is 15.4 Å². The van der Waals surface area contributed by atoms with E-state index < -0.39 is 6.04 Å². The first-order valence-electron chi connectivity index (χ1n) is 7.89. The molecule has 1 atom stereocenters. The van der Waals surface area contributed by atoms with Crippen LogP contribution >= 0.6 is 0 Å². The Morgan fingerprint density at radius 2 is 2.17 bits per heavy atom. The van der Waals surface area contributed by atoms with E-state index in [0.29, 0.717) is 25.5 Å². The van der Waals surface area contributed by atoms with E-state index in [-0.39, 0.29) is 6.03 Å². The van der Waals surface area contributed by atoms with Crippen LogP contribution in [0.2, 0.25) is 0 Å². The molecule has 2 amide bonds. The predicted octanol–water partition coefficient (Wildman–Crippen LogP) is 1.85. The maximum atomic E-state index is 12.2. The summed E-state index contributed by atoms with van der Waals surface area (Å²) in [7, 11) is 3.50. The van der Waals surface area contributed by atoms with Crippen LogP contribution in [0.3, 0.4) is 0 Å². The van der Waals surface area contributed by atoms with E-state index in [4.69, 9.17) is 9.47 Å². The molecule has 0 bridgehead atoms. The second kappa shape index (κ2) is 8.93. The van der Waals surface area contributed by atoms with Gasteiger partial charge in [-0.3, -0.25) is 0 Å². The number of benzene rings is 1. The van der Waals surface area contributed by atoms with E-state index in [9.17, 15) is 4.79 Å². The Morgan fingerprint density at radius 1 is 1.38 bits per heavy atom. The minimum atomic E-state index is -0.423. The molecule has 2 aromatic rings. The Balaban J connectivity index is 2.18. The Bertz CT molecular complexity index is 657. The van der Waals surface area contributed by atoms with Crippen molar-refractivity contribution in [3.8, 4) is 5.75 Å². The topological polar surface area (TPSA) is 77.4 Å². The van der Waals surface area contributed by atoms with Crippen LogP contribution in [0.1, 0.15) is 24.4 Å². The summed E-state index contributed by atoms with van der Waals surface area (Å²) in [5.74, 6) is 1.42. The van der Waals surface area contributed by atoms with Gasteiger partial charge in [-0.25, -0.2) is 9.78 Å². The van der Waals surface area contributed by atoms with E-state index in [2.05, 4.69) is 15.6 Å². The molecule has 7 heteroatoms. The Morgan fingerprint density at radius 3 is 2.83 bits per heavy atom. The molecule has 130 valence electrons. The predicted molar refractivity (Wildman–Crippen MR) is 91.1 cm³/mol. The highest BCUT2D eigenvalue weighted by molar-refractivity contribution is 5.75. The quantitative estimate of drug-likeness (QED) is 0.723. The molecule has 0 aliphatic rings. The van der Waals surface area contributed by atoms with Crippen molar-refractivity contribution < 1.29 is 14.3 Å². The SMILES string of the molecule is CCOCCNC(=O)NC(c1ccccc1OC)c1nccn1C. The standard InChI is InChI=1S/C17H24N4O3/c1-4-24-12-10-19-17(22)20-15(16-18-9-11-21(16)2)13-7-5-6-8-14(13)23-3/h5-9,11,15H,4,10,12H2,1-3H3,(H2,19,20,22). The minimum Gasteiger partial charge on any atom is -0.496 e. The summed E-state index contributed by atoms with van der Waals surface area (Å²) in [6.07, 6.45) is 3.54. The molecule has 0 aliphatic carbocycles. The van der Waals surface area contributed by atoms with E-state index in [1.54, 1.807) is 13.3 Å². The van der Waals surface area contributed by atoms with Gasteiger partial charge in [0.25, 0.3) is 0 Å². The number of amides is 2. The molecule has 24 heavy (non-hydrogen) atoms. The van der Waals surface area contributed by atoms with Crippen molar-refractivity contribution in [2.24, 2.45) is 7.05 Å². The summed E-state index contributed by atoms with van der Waals surface area (Å²) in [5.41, 5.74) is 0.842. The highest BCUT2D eigenvalue weighted by atomic mass is 16.5. The van der Waals surface area contributed by atoms with Crippen molar-refractivity contribution in [3.63, 3.8) is 0 Å². The minimum absolute atomic E-state index is 0.284. The van der Waals surface area contributed by atoms with Crippen molar-refractivity contribution >= 4 is 6.03 Å². The molecule has 7 nitrogen and oxygen atoms in total. The molecule has 1 aromatic carbocycles. The van der Waals surface area contributed by atoms with Crippen LogP contribution in [0.15, 0.2) is 36.7 Å². The first-order chi connectivity index (χ1) is 11.7. The zero-order valence-electron chi connectivity index (χ0n) is 14.3. The van der Waals surface area contributed by atoms with Crippen molar-refractivity contribution in [2.45, 2.75) is 13.0 Å². The monoisotopic (exact) mass is 332 g/mol. The lowest BCUT2D eigenvalue weighted by Gasteiger charge is -2.21. The number of hydrogen-bond acceptors (Lipinski definition) is 4. The first kappa shape index (κ1) is 17.8. The van der Waals surface area contributed by atoms with E-state index in [1.165, 1.54) is 0 Å². The summed E-state index contributed by atoms with van der Waals surface area (Å²) in [4.78, 5) is 16.6. The van der Waals surface area contributed by atoms with Gasteiger partial charge in [0.1, 0.15) is 17.6 Å². The number of hydrogen-bond donors (Lipinski definition) is 2. The number of nitrogens with zero attached hydrogens (tertiary/aromatic N) is 2. The van der Waals surface area contributed by atoms with Gasteiger partial charge in [-0.2, -0.15) is 0 Å². The first-order valence-corrected chi connectivity index (χ1v) is 7.89. The van der Waals surface area contributed by atoms with Crippen LogP contribution in [-0.4, -0.2) is 42.5 Å². The molecular weight excluding hydrogens is 308 g/mol. The average molecular weight is 332 g/mol. The van der Waals surface area contributed by atoms with Crippen LogP contribution in [-0.2, 0) is 11.8 Å². The molecule has 1 aromatic heterocycles. The van der Waals surface area contributed by atoms with Gasteiger partial charge < -0.3 is 24.7 Å². The van der Waals surface area contributed by atoms with Crippen LogP contribution in [0.4, 0.5) is 4.79 Å². The molecule has 0 fully saturated rings. The molecule has 2 N–H and O–H groups in total. The number of imidazole rings is 1. The summed E-state index contributed by atoms with van der Waals surface area (Å²) >= 11 is 0. The fourth-order valence-corrected chi connectivity index (χ4v) is 2.40. The summed E-state index contributed by atoms with van der Waals surface area (Å²) in [6.45, 7) is 3.46. The number of carbonyl (C=O) groups is 1. The second-order valence-electron chi connectivity index (χ2n) is 5.17. The molecule has 0 spiro atoms. The van der Waals surface area contributed by atoms with Crippen molar-refractivity contribution in [2.75, 3.05) is 26.9 Å². The fourth-order valence-electron chi connectivity index (χ4n) is 2.40. The number of ether oxygens (including phenoxy) is 2.